The van der Waals surface area contributed by atoms with E-state index < -0.39 is 0 Å². The summed E-state index contributed by atoms with van der Waals surface area (Å²) < 4.78 is 5.09. The summed E-state index contributed by atoms with van der Waals surface area (Å²) >= 11 is 0. The van der Waals surface area contributed by atoms with Crippen molar-refractivity contribution < 1.29 is 9.53 Å². The summed E-state index contributed by atoms with van der Waals surface area (Å²) in [5.74, 6) is -0.160. The summed E-state index contributed by atoms with van der Waals surface area (Å²) in [4.78, 5) is 11.1. The highest BCUT2D eigenvalue weighted by molar-refractivity contribution is 5.71. The van der Waals surface area contributed by atoms with Gasteiger partial charge < -0.3 is 4.74 Å². The molecule has 0 spiro atoms. The Labute approximate surface area is 74.6 Å². The molecule has 0 amide bonds. The van der Waals surface area contributed by atoms with E-state index in [2.05, 4.69) is 0 Å². The van der Waals surface area contributed by atoms with Gasteiger partial charge in [-0.1, -0.05) is 19.1 Å². The average molecular weight is 170 g/mol. The number of hydrogen-bond acceptors (Lipinski definition) is 2. The second-order valence-electron chi connectivity index (χ2n) is 3.67. The Kier molecular flexibility index (Phi) is 4.64. The fourth-order valence-corrected chi connectivity index (χ4v) is 0.729. The van der Waals surface area contributed by atoms with Gasteiger partial charge in [0.15, 0.2) is 0 Å². The molecular weight excluding hydrogens is 152 g/mol. The van der Waals surface area contributed by atoms with Crippen LogP contribution >= 0.6 is 0 Å². The van der Waals surface area contributed by atoms with Crippen LogP contribution in [0.25, 0.3) is 0 Å². The summed E-state index contributed by atoms with van der Waals surface area (Å²) in [6, 6.07) is 0. The van der Waals surface area contributed by atoms with Crippen LogP contribution < -0.4 is 0 Å². The summed E-state index contributed by atoms with van der Waals surface area (Å²) in [5.41, 5.74) is -0.364. The SMILES string of the molecule is CCC=CCC(=O)OC(C)(C)C. The first-order chi connectivity index (χ1) is 5.45. The van der Waals surface area contributed by atoms with Crippen LogP contribution in [-0.2, 0) is 9.53 Å². The Bertz CT molecular complexity index is 163. The predicted octanol–water partition coefficient (Wildman–Crippen LogP) is 2.68. The van der Waals surface area contributed by atoms with Crippen LogP contribution in [0.5, 0.6) is 0 Å². The van der Waals surface area contributed by atoms with Gasteiger partial charge in [-0.25, -0.2) is 0 Å². The zero-order valence-electron chi connectivity index (χ0n) is 8.39. The van der Waals surface area contributed by atoms with E-state index in [9.17, 15) is 4.79 Å². The Morgan fingerprint density at radius 2 is 1.92 bits per heavy atom. The Morgan fingerprint density at radius 1 is 1.33 bits per heavy atom. The third-order valence-electron chi connectivity index (χ3n) is 1.11. The molecule has 2 heteroatoms. The monoisotopic (exact) mass is 170 g/mol. The van der Waals surface area contributed by atoms with Gasteiger partial charge in [-0.3, -0.25) is 4.79 Å². The molecule has 0 rings (SSSR count). The second-order valence-corrected chi connectivity index (χ2v) is 3.67. The van der Waals surface area contributed by atoms with Gasteiger partial charge in [0.05, 0.1) is 6.42 Å². The molecule has 0 unspecified atom stereocenters. The van der Waals surface area contributed by atoms with Gasteiger partial charge in [0, 0.05) is 0 Å². The molecule has 0 aromatic carbocycles. The zero-order chi connectivity index (χ0) is 9.61. The van der Waals surface area contributed by atoms with Crippen molar-refractivity contribution in [1.82, 2.24) is 0 Å². The topological polar surface area (TPSA) is 26.3 Å². The lowest BCUT2D eigenvalue weighted by Gasteiger charge is -2.18. The van der Waals surface area contributed by atoms with Gasteiger partial charge in [0.25, 0.3) is 0 Å². The lowest BCUT2D eigenvalue weighted by Crippen LogP contribution is -2.23. The molecule has 0 aromatic heterocycles. The molecular formula is C10H18O2. The normalized spacial score (nSPS) is 12.0. The summed E-state index contributed by atoms with van der Waals surface area (Å²) in [6.45, 7) is 7.64. The molecule has 0 saturated heterocycles. The molecule has 0 aliphatic heterocycles. The first-order valence-electron chi connectivity index (χ1n) is 4.32. The molecule has 0 fully saturated rings. The fourth-order valence-electron chi connectivity index (χ4n) is 0.729. The fraction of sp³-hybridized carbons (Fsp3) is 0.700. The first-order valence-corrected chi connectivity index (χ1v) is 4.32. The minimum absolute atomic E-state index is 0.160. The van der Waals surface area contributed by atoms with Crippen LogP contribution in [0.3, 0.4) is 0 Å². The highest BCUT2D eigenvalue weighted by Crippen LogP contribution is 2.08. The van der Waals surface area contributed by atoms with Gasteiger partial charge in [-0.15, -0.1) is 0 Å². The molecule has 0 aliphatic carbocycles. The summed E-state index contributed by atoms with van der Waals surface area (Å²) in [7, 11) is 0. The van der Waals surface area contributed by atoms with Gasteiger partial charge in [-0.2, -0.15) is 0 Å². The van der Waals surface area contributed by atoms with Crippen molar-refractivity contribution in [3.8, 4) is 0 Å². The van der Waals surface area contributed by atoms with Gasteiger partial charge in [-0.05, 0) is 27.2 Å². The number of rotatable bonds is 3. The van der Waals surface area contributed by atoms with Crippen molar-refractivity contribution in [2.24, 2.45) is 0 Å². The molecule has 0 radical (unpaired) electrons. The average Bonchev–Trinajstić information content (AvgIpc) is 1.84. The third-order valence-corrected chi connectivity index (χ3v) is 1.11. The number of hydrogen-bond donors (Lipinski definition) is 0. The number of carbonyl (C=O) groups excluding carboxylic acids is 1. The Hall–Kier alpha value is -0.790. The third kappa shape index (κ3) is 7.32. The van der Waals surface area contributed by atoms with Crippen LogP contribution in [0.4, 0.5) is 0 Å². The van der Waals surface area contributed by atoms with E-state index in [1.54, 1.807) is 0 Å². The zero-order valence-corrected chi connectivity index (χ0v) is 8.39. The minimum Gasteiger partial charge on any atom is -0.460 e. The van der Waals surface area contributed by atoms with Crippen molar-refractivity contribution in [1.29, 1.82) is 0 Å². The molecule has 12 heavy (non-hydrogen) atoms. The van der Waals surface area contributed by atoms with Gasteiger partial charge >= 0.3 is 5.97 Å². The highest BCUT2D eigenvalue weighted by atomic mass is 16.6. The van der Waals surface area contributed by atoms with Gasteiger partial charge in [0.1, 0.15) is 5.60 Å². The lowest BCUT2D eigenvalue weighted by molar-refractivity contribution is -0.153. The van der Waals surface area contributed by atoms with Gasteiger partial charge in [0.2, 0.25) is 0 Å². The van der Waals surface area contributed by atoms with E-state index in [1.165, 1.54) is 0 Å². The predicted molar refractivity (Wildman–Crippen MR) is 49.9 cm³/mol. The quantitative estimate of drug-likeness (QED) is 0.481. The molecule has 70 valence electrons. The first kappa shape index (κ1) is 11.2. The Morgan fingerprint density at radius 3 is 2.33 bits per heavy atom. The van der Waals surface area contributed by atoms with Crippen molar-refractivity contribution >= 4 is 5.97 Å². The van der Waals surface area contributed by atoms with Crippen molar-refractivity contribution in [2.75, 3.05) is 0 Å². The molecule has 0 saturated carbocycles. The smallest absolute Gasteiger partial charge is 0.310 e. The second kappa shape index (κ2) is 4.96. The van der Waals surface area contributed by atoms with E-state index in [1.807, 2.05) is 39.8 Å². The van der Waals surface area contributed by atoms with E-state index in [-0.39, 0.29) is 11.6 Å². The number of esters is 1. The van der Waals surface area contributed by atoms with Crippen molar-refractivity contribution in [3.63, 3.8) is 0 Å². The van der Waals surface area contributed by atoms with Crippen LogP contribution in [0.2, 0.25) is 0 Å². The lowest BCUT2D eigenvalue weighted by atomic mass is 10.2. The number of allylic oxidation sites excluding steroid dienone is 1. The maximum Gasteiger partial charge on any atom is 0.310 e. The highest BCUT2D eigenvalue weighted by Gasteiger charge is 2.14. The molecule has 0 N–H and O–H groups in total. The van der Waals surface area contributed by atoms with Crippen LogP contribution in [0.1, 0.15) is 40.5 Å². The summed E-state index contributed by atoms with van der Waals surface area (Å²) in [6.07, 6.45) is 5.14. The standard InChI is InChI=1S/C10H18O2/c1-5-6-7-8-9(11)12-10(2,3)4/h6-7H,5,8H2,1-4H3. The molecule has 0 heterocycles. The van der Waals surface area contributed by atoms with Crippen LogP contribution in [0.15, 0.2) is 12.2 Å². The van der Waals surface area contributed by atoms with Crippen molar-refractivity contribution in [3.05, 3.63) is 12.2 Å². The maximum absolute atomic E-state index is 11.1. The van der Waals surface area contributed by atoms with Crippen LogP contribution in [0, 0.1) is 0 Å². The van der Waals surface area contributed by atoms with E-state index in [0.29, 0.717) is 6.42 Å². The maximum atomic E-state index is 11.1. The minimum atomic E-state index is -0.364. The van der Waals surface area contributed by atoms with E-state index in [0.717, 1.165) is 6.42 Å². The molecule has 0 atom stereocenters. The number of ether oxygens (including phenoxy) is 1. The summed E-state index contributed by atoms with van der Waals surface area (Å²) in [5, 5.41) is 0. The Balaban J connectivity index is 3.68. The van der Waals surface area contributed by atoms with E-state index >= 15 is 0 Å². The number of carbonyl (C=O) groups is 1. The van der Waals surface area contributed by atoms with E-state index in [4.69, 9.17) is 4.74 Å². The molecule has 0 bridgehead atoms. The molecule has 2 nitrogen and oxygen atoms in total. The van der Waals surface area contributed by atoms with Crippen LogP contribution in [-0.4, -0.2) is 11.6 Å². The largest absolute Gasteiger partial charge is 0.460 e. The molecule has 0 aliphatic rings. The molecule has 0 aromatic rings. The van der Waals surface area contributed by atoms with Crippen molar-refractivity contribution in [2.45, 2.75) is 46.1 Å².